The summed E-state index contributed by atoms with van der Waals surface area (Å²) in [5.41, 5.74) is 2.84. The van der Waals surface area contributed by atoms with Gasteiger partial charge in [0.2, 0.25) is 0 Å². The lowest BCUT2D eigenvalue weighted by molar-refractivity contribution is -0.140. The second-order valence-corrected chi connectivity index (χ2v) is 12.8. The van der Waals surface area contributed by atoms with Crippen LogP contribution in [0.5, 0.6) is 0 Å². The zero-order valence-electron chi connectivity index (χ0n) is 23.4. The third-order valence-electron chi connectivity index (χ3n) is 6.93. The summed E-state index contributed by atoms with van der Waals surface area (Å²) in [6.45, 7) is 9.61. The molecule has 0 saturated carbocycles. The SMILES string of the molecule is CCOC(=O)C1=C(C(=O)OCC)SC(=C2C(=S)C(C)(C)N(C(=O)c3ccc4ccccc4c3)c3ccc(C)cc32)S1. The van der Waals surface area contributed by atoms with Gasteiger partial charge in [-0.1, -0.05) is 77.7 Å². The monoisotopic (exact) mass is 603 g/mol. The van der Waals surface area contributed by atoms with Gasteiger partial charge in [-0.2, -0.15) is 0 Å². The molecule has 0 radical (unpaired) electrons. The molecule has 0 bridgehead atoms. The van der Waals surface area contributed by atoms with Crippen LogP contribution in [0.15, 0.2) is 74.7 Å². The number of amides is 1. The van der Waals surface area contributed by atoms with Gasteiger partial charge < -0.3 is 9.47 Å². The second kappa shape index (κ2) is 11.5. The summed E-state index contributed by atoms with van der Waals surface area (Å²) >= 11 is 8.45. The molecular formula is C32H29NO5S3. The molecule has 9 heteroatoms. The molecule has 0 spiro atoms. The van der Waals surface area contributed by atoms with Crippen molar-refractivity contribution in [1.82, 2.24) is 0 Å². The number of anilines is 1. The maximum absolute atomic E-state index is 14.2. The van der Waals surface area contributed by atoms with Crippen molar-refractivity contribution in [1.29, 1.82) is 0 Å². The molecule has 5 rings (SSSR count). The first-order valence-corrected chi connectivity index (χ1v) is 15.3. The number of nitrogens with zero attached hydrogens (tertiary/aromatic N) is 1. The summed E-state index contributed by atoms with van der Waals surface area (Å²) in [7, 11) is 0. The van der Waals surface area contributed by atoms with Crippen molar-refractivity contribution < 1.29 is 23.9 Å². The van der Waals surface area contributed by atoms with E-state index in [9.17, 15) is 14.4 Å². The molecule has 6 nitrogen and oxygen atoms in total. The lowest BCUT2D eigenvalue weighted by atomic mass is 9.82. The zero-order valence-corrected chi connectivity index (χ0v) is 25.9. The van der Waals surface area contributed by atoms with Crippen molar-refractivity contribution in [3.8, 4) is 0 Å². The van der Waals surface area contributed by atoms with Crippen LogP contribution >= 0.6 is 35.7 Å². The first kappa shape index (κ1) is 29.1. The van der Waals surface area contributed by atoms with E-state index in [4.69, 9.17) is 21.7 Å². The number of fused-ring (bicyclic) bond motifs is 2. The summed E-state index contributed by atoms with van der Waals surface area (Å²) in [6.07, 6.45) is 0. The van der Waals surface area contributed by atoms with Crippen molar-refractivity contribution >= 4 is 80.5 Å². The second-order valence-electron chi connectivity index (χ2n) is 10.1. The number of rotatable bonds is 5. The maximum atomic E-state index is 14.2. The molecule has 0 N–H and O–H groups in total. The molecule has 2 aliphatic rings. The molecule has 0 saturated heterocycles. The van der Waals surface area contributed by atoms with Crippen LogP contribution in [0, 0.1) is 6.92 Å². The highest BCUT2D eigenvalue weighted by atomic mass is 32.2. The van der Waals surface area contributed by atoms with Gasteiger partial charge in [-0.15, -0.1) is 0 Å². The number of thioether (sulfide) groups is 2. The van der Waals surface area contributed by atoms with Crippen LogP contribution in [0.3, 0.4) is 0 Å². The fraction of sp³-hybridized carbons (Fsp3) is 0.250. The Morgan fingerprint density at radius 3 is 2.07 bits per heavy atom. The number of ether oxygens (including phenoxy) is 2. The minimum Gasteiger partial charge on any atom is -0.462 e. The average Bonchev–Trinajstić information content (AvgIpc) is 3.39. The molecule has 210 valence electrons. The molecule has 0 unspecified atom stereocenters. The van der Waals surface area contributed by atoms with Crippen molar-refractivity contribution in [3.63, 3.8) is 0 Å². The largest absolute Gasteiger partial charge is 0.462 e. The summed E-state index contributed by atoms with van der Waals surface area (Å²) in [4.78, 5) is 42.6. The van der Waals surface area contributed by atoms with Gasteiger partial charge in [0.25, 0.3) is 5.91 Å². The molecule has 0 aliphatic carbocycles. The van der Waals surface area contributed by atoms with E-state index in [2.05, 4.69) is 0 Å². The van der Waals surface area contributed by atoms with Gasteiger partial charge in [0.15, 0.2) is 0 Å². The lowest BCUT2D eigenvalue weighted by Gasteiger charge is -2.45. The highest BCUT2D eigenvalue weighted by Gasteiger charge is 2.46. The first-order valence-electron chi connectivity index (χ1n) is 13.3. The third-order valence-corrected chi connectivity index (χ3v) is 10.2. The predicted molar refractivity (Wildman–Crippen MR) is 171 cm³/mol. The fourth-order valence-electron chi connectivity index (χ4n) is 4.96. The van der Waals surface area contributed by atoms with Crippen LogP contribution in [-0.4, -0.2) is 41.5 Å². The van der Waals surface area contributed by atoms with E-state index < -0.39 is 17.5 Å². The van der Waals surface area contributed by atoms with E-state index >= 15 is 0 Å². The first-order chi connectivity index (χ1) is 19.6. The number of thiocarbonyl (C=S) groups is 1. The van der Waals surface area contributed by atoms with Crippen LogP contribution in [-0.2, 0) is 19.1 Å². The molecule has 3 aromatic carbocycles. The molecular weight excluding hydrogens is 575 g/mol. The number of benzene rings is 3. The molecule has 41 heavy (non-hydrogen) atoms. The Morgan fingerprint density at radius 2 is 1.46 bits per heavy atom. The number of carbonyl (C=O) groups is 3. The van der Waals surface area contributed by atoms with Gasteiger partial charge >= 0.3 is 11.9 Å². The minimum absolute atomic E-state index is 0.165. The van der Waals surface area contributed by atoms with Crippen molar-refractivity contribution in [2.24, 2.45) is 0 Å². The van der Waals surface area contributed by atoms with E-state index in [0.29, 0.717) is 20.4 Å². The molecule has 2 heterocycles. The van der Waals surface area contributed by atoms with Crippen molar-refractivity contribution in [2.75, 3.05) is 18.1 Å². The van der Waals surface area contributed by atoms with Crippen molar-refractivity contribution in [3.05, 3.63) is 91.4 Å². The summed E-state index contributed by atoms with van der Waals surface area (Å²) in [6, 6.07) is 19.5. The highest BCUT2D eigenvalue weighted by molar-refractivity contribution is 8.29. The molecule has 0 aromatic heterocycles. The van der Waals surface area contributed by atoms with Crippen LogP contribution < -0.4 is 4.90 Å². The minimum atomic E-state index is -0.902. The zero-order chi connectivity index (χ0) is 29.5. The van der Waals surface area contributed by atoms with Gasteiger partial charge in [0.05, 0.1) is 33.5 Å². The van der Waals surface area contributed by atoms with E-state index in [1.165, 1.54) is 0 Å². The van der Waals surface area contributed by atoms with Gasteiger partial charge in [0.1, 0.15) is 9.81 Å². The number of esters is 2. The Morgan fingerprint density at radius 1 is 0.854 bits per heavy atom. The van der Waals surface area contributed by atoms with E-state index in [1.54, 1.807) is 18.7 Å². The Kier molecular flexibility index (Phi) is 8.14. The molecule has 1 amide bonds. The van der Waals surface area contributed by atoms with Gasteiger partial charge in [0, 0.05) is 16.7 Å². The Balaban J connectivity index is 1.65. The molecule has 3 aromatic rings. The number of hydrogen-bond acceptors (Lipinski definition) is 8. The maximum Gasteiger partial charge on any atom is 0.346 e. The average molecular weight is 604 g/mol. The number of hydrogen-bond donors (Lipinski definition) is 0. The summed E-state index contributed by atoms with van der Waals surface area (Å²) in [5.74, 6) is -1.33. The lowest BCUT2D eigenvalue weighted by Crippen LogP contribution is -2.56. The molecule has 2 aliphatic heterocycles. The standard InChI is InChI=1S/C32H29NO5S3/c1-6-37-29(35)25-26(30(36)38-7-2)41-31(40-25)24-22-16-18(3)12-15-23(22)33(32(4,5)27(24)39)28(34)21-14-13-19-10-8-9-11-20(19)17-21/h8-17H,6-7H2,1-5H3. The van der Waals surface area contributed by atoms with E-state index in [0.717, 1.165) is 51.0 Å². The quantitative estimate of drug-likeness (QED) is 0.169. The van der Waals surface area contributed by atoms with Gasteiger partial charge in [-0.3, -0.25) is 9.69 Å². The fourth-order valence-corrected chi connectivity index (χ4v) is 7.94. The summed E-state index contributed by atoms with van der Waals surface area (Å²) < 4.78 is 11.2. The van der Waals surface area contributed by atoms with Crippen LogP contribution in [0.1, 0.15) is 49.2 Å². The van der Waals surface area contributed by atoms with Crippen LogP contribution in [0.2, 0.25) is 0 Å². The predicted octanol–water partition coefficient (Wildman–Crippen LogP) is 7.44. The Bertz CT molecular complexity index is 1660. The van der Waals surface area contributed by atoms with Crippen LogP contribution in [0.4, 0.5) is 5.69 Å². The van der Waals surface area contributed by atoms with Crippen LogP contribution in [0.25, 0.3) is 16.3 Å². The third kappa shape index (κ3) is 5.22. The van der Waals surface area contributed by atoms with Gasteiger partial charge in [-0.25, -0.2) is 9.59 Å². The van der Waals surface area contributed by atoms with Gasteiger partial charge in [-0.05, 0) is 69.7 Å². The normalized spacial score (nSPS) is 16.2. The number of carbonyl (C=O) groups excluding carboxylic acids is 3. The Hall–Kier alpha value is -3.40. The smallest absolute Gasteiger partial charge is 0.346 e. The van der Waals surface area contributed by atoms with E-state index in [-0.39, 0.29) is 28.9 Å². The Labute approximate surface area is 253 Å². The highest BCUT2D eigenvalue weighted by Crippen LogP contribution is 2.56. The van der Waals surface area contributed by atoms with E-state index in [1.807, 2.05) is 81.4 Å². The summed E-state index contributed by atoms with van der Waals surface area (Å²) in [5, 5.41) is 2.03. The molecule has 0 fully saturated rings. The topological polar surface area (TPSA) is 72.9 Å². The van der Waals surface area contributed by atoms with Crippen molar-refractivity contribution in [2.45, 2.75) is 40.2 Å². The number of aryl methyl sites for hydroxylation is 1. The molecule has 0 atom stereocenters.